The summed E-state index contributed by atoms with van der Waals surface area (Å²) in [6.45, 7) is 3.59. The number of nitrogens with zero attached hydrogens (tertiary/aromatic N) is 6. The van der Waals surface area contributed by atoms with Crippen molar-refractivity contribution in [3.05, 3.63) is 121 Å². The van der Waals surface area contributed by atoms with Crippen LogP contribution in [0, 0.1) is 0 Å². The second-order valence-electron chi connectivity index (χ2n) is 13.2. The predicted molar refractivity (Wildman–Crippen MR) is 242 cm³/mol. The van der Waals surface area contributed by atoms with E-state index in [9.17, 15) is 16.8 Å². The fourth-order valence-corrected chi connectivity index (χ4v) is 12.6. The summed E-state index contributed by atoms with van der Waals surface area (Å²) < 4.78 is 60.0. The van der Waals surface area contributed by atoms with Crippen molar-refractivity contribution < 1.29 is 21.6 Å². The van der Waals surface area contributed by atoms with E-state index in [2.05, 4.69) is 9.80 Å². The van der Waals surface area contributed by atoms with Crippen molar-refractivity contribution in [1.29, 1.82) is 0 Å². The summed E-state index contributed by atoms with van der Waals surface area (Å²) in [5, 5.41) is 7.44. The van der Waals surface area contributed by atoms with Crippen LogP contribution in [0.25, 0.3) is 22.5 Å². The van der Waals surface area contributed by atoms with Gasteiger partial charge in [0, 0.05) is 89.3 Å². The van der Waals surface area contributed by atoms with Gasteiger partial charge in [-0.15, -0.1) is 22.7 Å². The minimum absolute atomic E-state index is 0.0411. The lowest BCUT2D eigenvalue weighted by atomic mass is 10.2. The number of hydrogen-bond acceptors (Lipinski definition) is 11. The van der Waals surface area contributed by atoms with Gasteiger partial charge >= 0.3 is 0 Å². The van der Waals surface area contributed by atoms with Gasteiger partial charge in [0.05, 0.1) is 28.5 Å². The van der Waals surface area contributed by atoms with Gasteiger partial charge in [-0.25, -0.2) is 26.8 Å². The van der Waals surface area contributed by atoms with Crippen LogP contribution in [-0.4, -0.2) is 94.9 Å². The SMILES string of the molecule is COc1ccc(-c2csc(N3CCN(S(=O)(=O)c4cc(Cl)ccc4Cl)CC3)n2)cc1.O=S(=O)(c1cc(Cl)ccc1Cl)N1CCN(c2nc(-c3ccc(Cl)cc3)cs2)CC1. The van der Waals surface area contributed by atoms with Gasteiger partial charge in [-0.2, -0.15) is 8.61 Å². The average molecular weight is 973 g/mol. The normalized spacial score (nSPS) is 15.5. The van der Waals surface area contributed by atoms with E-state index < -0.39 is 20.0 Å². The zero-order chi connectivity index (χ0) is 41.9. The zero-order valence-electron chi connectivity index (χ0n) is 31.1. The van der Waals surface area contributed by atoms with Crippen LogP contribution in [0.15, 0.2) is 105 Å². The summed E-state index contributed by atoms with van der Waals surface area (Å²) in [6, 6.07) is 24.2. The average Bonchev–Trinajstić information content (AvgIpc) is 3.95. The molecule has 0 aliphatic carbocycles. The molecule has 0 amide bonds. The highest BCUT2D eigenvalue weighted by Gasteiger charge is 2.32. The number of thiazole rings is 2. The van der Waals surface area contributed by atoms with Crippen LogP contribution in [0.2, 0.25) is 25.1 Å². The van der Waals surface area contributed by atoms with Crippen molar-refractivity contribution >= 4 is 111 Å². The number of piperazine rings is 2. The van der Waals surface area contributed by atoms with E-state index in [1.54, 1.807) is 30.6 Å². The summed E-state index contributed by atoms with van der Waals surface area (Å²) in [5.74, 6) is 0.798. The molecule has 8 rings (SSSR count). The van der Waals surface area contributed by atoms with Crippen LogP contribution in [0.3, 0.4) is 0 Å². The molecular formula is C39H35Cl5N6O5S4. The fraction of sp³-hybridized carbons (Fsp3) is 0.231. The van der Waals surface area contributed by atoms with Crippen molar-refractivity contribution in [1.82, 2.24) is 18.6 Å². The van der Waals surface area contributed by atoms with E-state index in [0.717, 1.165) is 38.5 Å². The van der Waals surface area contributed by atoms with Gasteiger partial charge < -0.3 is 14.5 Å². The number of anilines is 2. The van der Waals surface area contributed by atoms with Crippen LogP contribution >= 0.6 is 80.7 Å². The van der Waals surface area contributed by atoms with Gasteiger partial charge in [-0.05, 0) is 72.8 Å². The number of sulfonamides is 2. The molecule has 2 saturated heterocycles. The second kappa shape index (κ2) is 18.8. The van der Waals surface area contributed by atoms with Crippen LogP contribution in [0.5, 0.6) is 5.75 Å². The first-order valence-electron chi connectivity index (χ1n) is 17.9. The molecule has 0 atom stereocenters. The number of halogens is 5. The number of hydrogen-bond donors (Lipinski definition) is 0. The molecular weight excluding hydrogens is 938 g/mol. The van der Waals surface area contributed by atoms with Crippen molar-refractivity contribution in [3.63, 3.8) is 0 Å². The summed E-state index contributed by atoms with van der Waals surface area (Å²) >= 11 is 33.2. The zero-order valence-corrected chi connectivity index (χ0v) is 38.2. The summed E-state index contributed by atoms with van der Waals surface area (Å²) in [7, 11) is -5.77. The number of aromatic nitrogens is 2. The Morgan fingerprint density at radius 3 is 1.29 bits per heavy atom. The summed E-state index contributed by atoms with van der Waals surface area (Å²) in [5.41, 5.74) is 3.77. The van der Waals surface area contributed by atoms with Crippen LogP contribution in [-0.2, 0) is 20.0 Å². The maximum Gasteiger partial charge on any atom is 0.244 e. The number of ether oxygens (including phenoxy) is 1. The van der Waals surface area contributed by atoms with Crippen LogP contribution in [0.1, 0.15) is 0 Å². The van der Waals surface area contributed by atoms with Gasteiger partial charge in [-0.1, -0.05) is 70.1 Å². The van der Waals surface area contributed by atoms with E-state index in [0.29, 0.717) is 67.4 Å². The molecule has 4 aromatic carbocycles. The first kappa shape index (κ1) is 43.9. The topological polar surface area (TPSA) is 116 Å². The Morgan fingerprint density at radius 1 is 0.525 bits per heavy atom. The first-order chi connectivity index (χ1) is 28.2. The second-order valence-corrected chi connectivity index (χ2v) is 20.8. The van der Waals surface area contributed by atoms with Crippen molar-refractivity contribution in [2.24, 2.45) is 0 Å². The molecule has 0 unspecified atom stereocenters. The lowest BCUT2D eigenvalue weighted by molar-refractivity contribution is 0.384. The lowest BCUT2D eigenvalue weighted by Gasteiger charge is -2.34. The molecule has 0 N–H and O–H groups in total. The molecule has 0 radical (unpaired) electrons. The molecule has 0 bridgehead atoms. The fourth-order valence-electron chi connectivity index (χ4n) is 6.33. The van der Waals surface area contributed by atoms with E-state index in [-0.39, 0.29) is 19.8 Å². The Balaban J connectivity index is 0.000000179. The third-order valence-electron chi connectivity index (χ3n) is 9.55. The van der Waals surface area contributed by atoms with Crippen molar-refractivity contribution in [2.75, 3.05) is 69.3 Å². The van der Waals surface area contributed by atoms with Gasteiger partial charge in [-0.3, -0.25) is 0 Å². The molecule has 11 nitrogen and oxygen atoms in total. The Labute approximate surface area is 376 Å². The molecule has 2 fully saturated rings. The highest BCUT2D eigenvalue weighted by atomic mass is 35.5. The predicted octanol–water partition coefficient (Wildman–Crippen LogP) is 9.92. The minimum Gasteiger partial charge on any atom is -0.497 e. The highest BCUT2D eigenvalue weighted by Crippen LogP contribution is 2.34. The molecule has 310 valence electrons. The monoisotopic (exact) mass is 970 g/mol. The van der Waals surface area contributed by atoms with Crippen LogP contribution in [0.4, 0.5) is 10.3 Å². The van der Waals surface area contributed by atoms with Gasteiger partial charge in [0.2, 0.25) is 20.0 Å². The molecule has 2 aromatic heterocycles. The van der Waals surface area contributed by atoms with Gasteiger partial charge in [0.25, 0.3) is 0 Å². The van der Waals surface area contributed by atoms with Crippen LogP contribution < -0.4 is 14.5 Å². The van der Waals surface area contributed by atoms with E-state index >= 15 is 0 Å². The van der Waals surface area contributed by atoms with Gasteiger partial charge in [0.1, 0.15) is 15.5 Å². The molecule has 4 heterocycles. The number of rotatable bonds is 9. The third kappa shape index (κ3) is 10.1. The first-order valence-corrected chi connectivity index (χ1v) is 24.5. The van der Waals surface area contributed by atoms with E-state index in [4.69, 9.17) is 72.7 Å². The molecule has 0 spiro atoms. The summed E-state index contributed by atoms with van der Waals surface area (Å²) in [6.07, 6.45) is 0. The maximum atomic E-state index is 13.0. The van der Waals surface area contributed by atoms with Crippen molar-refractivity contribution in [3.8, 4) is 28.3 Å². The quantitative estimate of drug-likeness (QED) is 0.140. The Kier molecular flexibility index (Phi) is 14.0. The largest absolute Gasteiger partial charge is 0.497 e. The molecule has 2 aliphatic rings. The Bertz CT molecular complexity index is 2630. The van der Waals surface area contributed by atoms with Gasteiger partial charge in [0.15, 0.2) is 10.3 Å². The summed E-state index contributed by atoms with van der Waals surface area (Å²) in [4.78, 5) is 13.7. The maximum absolute atomic E-state index is 13.0. The highest BCUT2D eigenvalue weighted by molar-refractivity contribution is 7.89. The number of methoxy groups -OCH3 is 1. The Morgan fingerprint density at radius 2 is 0.898 bits per heavy atom. The van der Waals surface area contributed by atoms with E-state index in [1.165, 1.54) is 44.2 Å². The molecule has 20 heteroatoms. The van der Waals surface area contributed by atoms with Crippen molar-refractivity contribution in [2.45, 2.75) is 9.79 Å². The lowest BCUT2D eigenvalue weighted by Crippen LogP contribution is -2.48. The number of benzene rings is 4. The molecule has 2 aliphatic heterocycles. The molecule has 59 heavy (non-hydrogen) atoms. The third-order valence-corrected chi connectivity index (χ3v) is 16.8. The molecule has 6 aromatic rings. The molecule has 0 saturated carbocycles. The standard InChI is InChI=1S/C20H19Cl2N3O3S2.C19H16Cl3N3O2S2/c1-28-16-5-2-14(3-6-16)18-13-29-20(23-18)24-8-10-25(11-9-24)30(26,27)19-12-15(21)4-7-17(19)22;20-14-3-1-13(2-4-14)17-12-28-19(23-17)24-7-9-25(10-8-24)29(26,27)18-11-15(21)5-6-16(18)22/h2-7,12-13H,8-11H2,1H3;1-6,11-12H,7-10H2. The Hall–Kier alpha value is -3.19. The smallest absolute Gasteiger partial charge is 0.244 e. The minimum atomic E-state index is -3.70. The van der Waals surface area contributed by atoms with E-state index in [1.807, 2.05) is 59.3 Å².